The molecule has 0 radical (unpaired) electrons. The van der Waals surface area contributed by atoms with Gasteiger partial charge in [0.2, 0.25) is 0 Å². The third-order valence-electron chi connectivity index (χ3n) is 3.49. The van der Waals surface area contributed by atoms with Gasteiger partial charge in [0.05, 0.1) is 5.69 Å². The molecule has 2 aromatic carbocycles. The molecule has 0 spiro atoms. The quantitative estimate of drug-likeness (QED) is 0.807. The summed E-state index contributed by atoms with van der Waals surface area (Å²) in [5.74, 6) is -0.978. The van der Waals surface area contributed by atoms with Gasteiger partial charge in [-0.05, 0) is 36.2 Å². The maximum atomic E-state index is 13.9. The monoisotopic (exact) mass is 300 g/mol. The van der Waals surface area contributed by atoms with Crippen LogP contribution in [-0.2, 0) is 6.42 Å². The first-order valence-electron chi connectivity index (χ1n) is 6.86. The molecule has 1 heterocycles. The van der Waals surface area contributed by atoms with E-state index in [-0.39, 0.29) is 17.1 Å². The predicted molar refractivity (Wildman–Crippen MR) is 80.5 cm³/mol. The maximum absolute atomic E-state index is 13.9. The average Bonchev–Trinajstić information content (AvgIpc) is 2.91. The van der Waals surface area contributed by atoms with E-state index in [2.05, 4.69) is 10.3 Å². The summed E-state index contributed by atoms with van der Waals surface area (Å²) in [6.07, 6.45) is 0.791. The van der Waals surface area contributed by atoms with Crippen LogP contribution in [0.2, 0.25) is 0 Å². The Balaban J connectivity index is 2.15. The normalized spacial score (nSPS) is 10.9. The van der Waals surface area contributed by atoms with E-state index in [1.54, 1.807) is 0 Å². The summed E-state index contributed by atoms with van der Waals surface area (Å²) in [6.45, 7) is 2.01. The first-order valence-corrected chi connectivity index (χ1v) is 6.86. The van der Waals surface area contributed by atoms with Crippen LogP contribution in [0, 0.1) is 11.6 Å². The molecule has 4 nitrogen and oxygen atoms in total. The lowest BCUT2D eigenvalue weighted by molar-refractivity contribution is 0.602. The van der Waals surface area contributed by atoms with E-state index >= 15 is 0 Å². The molecular formula is C16H14F2N4. The Labute approximate surface area is 126 Å². The van der Waals surface area contributed by atoms with Gasteiger partial charge in [-0.15, -0.1) is 5.10 Å². The van der Waals surface area contributed by atoms with Crippen molar-refractivity contribution < 1.29 is 8.78 Å². The molecule has 0 aliphatic rings. The third kappa shape index (κ3) is 2.32. The molecule has 0 unspecified atom stereocenters. The number of aryl methyl sites for hydroxylation is 1. The Morgan fingerprint density at radius 3 is 2.68 bits per heavy atom. The molecular weight excluding hydrogens is 286 g/mol. The number of para-hydroxylation sites is 1. The first-order chi connectivity index (χ1) is 10.6. The van der Waals surface area contributed by atoms with Gasteiger partial charge in [-0.3, -0.25) is 0 Å². The van der Waals surface area contributed by atoms with Gasteiger partial charge in [0.1, 0.15) is 17.3 Å². The summed E-state index contributed by atoms with van der Waals surface area (Å²) in [4.78, 5) is 0. The number of halogens is 2. The molecule has 1 aromatic heterocycles. The number of nitrogens with zero attached hydrogens (tertiary/aromatic N) is 3. The van der Waals surface area contributed by atoms with Gasteiger partial charge in [0, 0.05) is 5.56 Å². The van der Waals surface area contributed by atoms with E-state index in [0.717, 1.165) is 35.9 Å². The number of hydrogen-bond donors (Lipinski definition) is 1. The lowest BCUT2D eigenvalue weighted by Gasteiger charge is -2.08. The standard InChI is InChI=1S/C16H14F2N4/c1-2-10-5-3-4-6-14(10)22-16(19)15(20-21-22)12-9-11(17)7-8-13(12)18/h3-9H,2,19H2,1H3. The highest BCUT2D eigenvalue weighted by atomic mass is 19.1. The maximum Gasteiger partial charge on any atom is 0.156 e. The number of rotatable bonds is 3. The molecule has 0 bridgehead atoms. The van der Waals surface area contributed by atoms with Gasteiger partial charge in [-0.1, -0.05) is 30.3 Å². The number of benzene rings is 2. The largest absolute Gasteiger partial charge is 0.382 e. The molecule has 0 aliphatic carbocycles. The van der Waals surface area contributed by atoms with Crippen molar-refractivity contribution in [1.29, 1.82) is 0 Å². The van der Waals surface area contributed by atoms with Crippen LogP contribution in [0.3, 0.4) is 0 Å². The lowest BCUT2D eigenvalue weighted by Crippen LogP contribution is -2.05. The van der Waals surface area contributed by atoms with Crippen molar-refractivity contribution in [1.82, 2.24) is 15.0 Å². The first kappa shape index (κ1) is 14.2. The molecule has 3 aromatic rings. The lowest BCUT2D eigenvalue weighted by atomic mass is 10.1. The van der Waals surface area contributed by atoms with Crippen molar-refractivity contribution in [2.75, 3.05) is 5.73 Å². The summed E-state index contributed by atoms with van der Waals surface area (Å²) < 4.78 is 28.7. The van der Waals surface area contributed by atoms with E-state index in [4.69, 9.17) is 5.73 Å². The average molecular weight is 300 g/mol. The summed E-state index contributed by atoms with van der Waals surface area (Å²) in [5, 5.41) is 7.92. The number of hydrogen-bond acceptors (Lipinski definition) is 3. The van der Waals surface area contributed by atoms with Gasteiger partial charge in [0.25, 0.3) is 0 Å². The van der Waals surface area contributed by atoms with Gasteiger partial charge in [-0.25, -0.2) is 8.78 Å². The van der Waals surface area contributed by atoms with Gasteiger partial charge in [-0.2, -0.15) is 4.68 Å². The van der Waals surface area contributed by atoms with Crippen molar-refractivity contribution in [3.8, 4) is 16.9 Å². The Bertz CT molecular complexity index is 827. The Kier molecular flexibility index (Phi) is 3.58. The van der Waals surface area contributed by atoms with Crippen molar-refractivity contribution in [2.24, 2.45) is 0 Å². The molecule has 0 aliphatic heterocycles. The summed E-state index contributed by atoms with van der Waals surface area (Å²) >= 11 is 0. The highest BCUT2D eigenvalue weighted by Gasteiger charge is 2.18. The highest BCUT2D eigenvalue weighted by Crippen LogP contribution is 2.29. The zero-order valence-corrected chi connectivity index (χ0v) is 11.9. The topological polar surface area (TPSA) is 56.7 Å². The van der Waals surface area contributed by atoms with E-state index in [1.165, 1.54) is 4.68 Å². The molecule has 112 valence electrons. The Hall–Kier alpha value is -2.76. The van der Waals surface area contributed by atoms with Crippen LogP contribution in [0.1, 0.15) is 12.5 Å². The second-order valence-electron chi connectivity index (χ2n) is 4.84. The van der Waals surface area contributed by atoms with E-state index in [1.807, 2.05) is 31.2 Å². The summed E-state index contributed by atoms with van der Waals surface area (Å²) in [6, 6.07) is 10.7. The van der Waals surface area contributed by atoms with E-state index in [0.29, 0.717) is 0 Å². The molecule has 0 atom stereocenters. The van der Waals surface area contributed by atoms with Crippen LogP contribution in [0.15, 0.2) is 42.5 Å². The minimum Gasteiger partial charge on any atom is -0.382 e. The second kappa shape index (κ2) is 5.55. The molecule has 6 heteroatoms. The van der Waals surface area contributed by atoms with E-state index in [9.17, 15) is 8.78 Å². The van der Waals surface area contributed by atoms with Gasteiger partial charge >= 0.3 is 0 Å². The van der Waals surface area contributed by atoms with Crippen molar-refractivity contribution in [3.63, 3.8) is 0 Å². The van der Waals surface area contributed by atoms with Crippen LogP contribution >= 0.6 is 0 Å². The smallest absolute Gasteiger partial charge is 0.156 e. The number of anilines is 1. The molecule has 2 N–H and O–H groups in total. The number of nitrogen functional groups attached to an aromatic ring is 1. The summed E-state index contributed by atoms with van der Waals surface area (Å²) in [5.41, 5.74) is 7.99. The third-order valence-corrected chi connectivity index (χ3v) is 3.49. The van der Waals surface area contributed by atoms with Crippen LogP contribution < -0.4 is 5.73 Å². The van der Waals surface area contributed by atoms with Crippen molar-refractivity contribution in [2.45, 2.75) is 13.3 Å². The predicted octanol–water partition coefficient (Wildman–Crippen LogP) is 3.36. The SMILES string of the molecule is CCc1ccccc1-n1nnc(-c2cc(F)ccc2F)c1N. The molecule has 3 rings (SSSR count). The minimum absolute atomic E-state index is 0.00210. The molecule has 0 fully saturated rings. The van der Waals surface area contributed by atoms with Crippen LogP contribution in [0.4, 0.5) is 14.6 Å². The number of aromatic nitrogens is 3. The second-order valence-corrected chi connectivity index (χ2v) is 4.84. The fraction of sp³-hybridized carbons (Fsp3) is 0.125. The zero-order valence-electron chi connectivity index (χ0n) is 11.9. The molecule has 0 saturated carbocycles. The summed E-state index contributed by atoms with van der Waals surface area (Å²) in [7, 11) is 0. The fourth-order valence-electron chi connectivity index (χ4n) is 2.35. The van der Waals surface area contributed by atoms with Crippen LogP contribution in [-0.4, -0.2) is 15.0 Å². The Morgan fingerprint density at radius 1 is 1.14 bits per heavy atom. The van der Waals surface area contributed by atoms with Gasteiger partial charge in [0.15, 0.2) is 5.82 Å². The van der Waals surface area contributed by atoms with Crippen molar-refractivity contribution in [3.05, 3.63) is 59.7 Å². The van der Waals surface area contributed by atoms with Gasteiger partial charge < -0.3 is 5.73 Å². The van der Waals surface area contributed by atoms with Crippen LogP contribution in [0.25, 0.3) is 16.9 Å². The van der Waals surface area contributed by atoms with Crippen LogP contribution in [0.5, 0.6) is 0 Å². The Morgan fingerprint density at radius 2 is 1.91 bits per heavy atom. The van der Waals surface area contributed by atoms with E-state index < -0.39 is 11.6 Å². The molecule has 22 heavy (non-hydrogen) atoms. The van der Waals surface area contributed by atoms with Crippen molar-refractivity contribution >= 4 is 5.82 Å². The fourth-order valence-corrected chi connectivity index (χ4v) is 2.35. The highest BCUT2D eigenvalue weighted by molar-refractivity contribution is 5.71. The zero-order chi connectivity index (χ0) is 15.7. The molecule has 0 saturated heterocycles. The molecule has 0 amide bonds. The minimum atomic E-state index is -0.594. The number of nitrogens with two attached hydrogens (primary N) is 1.